The fourth-order valence-electron chi connectivity index (χ4n) is 2.99. The summed E-state index contributed by atoms with van der Waals surface area (Å²) in [6.45, 7) is 1.34. The van der Waals surface area contributed by atoms with Crippen LogP contribution in [0.4, 0.5) is 32.4 Å². The van der Waals surface area contributed by atoms with Crippen molar-refractivity contribution in [3.05, 3.63) is 76.5 Å². The summed E-state index contributed by atoms with van der Waals surface area (Å²) in [7, 11) is 0. The van der Waals surface area contributed by atoms with Gasteiger partial charge in [-0.1, -0.05) is 18.2 Å². The van der Waals surface area contributed by atoms with Gasteiger partial charge in [-0.15, -0.1) is 0 Å². The summed E-state index contributed by atoms with van der Waals surface area (Å²) in [6.07, 6.45) is -4.71. The maximum atomic E-state index is 14.3. The van der Waals surface area contributed by atoms with Crippen LogP contribution < -0.4 is 16.0 Å². The predicted molar refractivity (Wildman–Crippen MR) is 93.5 cm³/mol. The minimum atomic E-state index is -4.71. The van der Waals surface area contributed by atoms with Gasteiger partial charge >= 0.3 is 12.2 Å². The van der Waals surface area contributed by atoms with E-state index in [1.54, 1.807) is 0 Å². The molecule has 1 heterocycles. The average molecular weight is 411 g/mol. The summed E-state index contributed by atoms with van der Waals surface area (Å²) in [5.41, 5.74) is -1.98. The topological polar surface area (TPSA) is 70.2 Å². The van der Waals surface area contributed by atoms with Crippen LogP contribution in [0, 0.1) is 11.6 Å². The second-order valence-corrected chi connectivity index (χ2v) is 6.23. The van der Waals surface area contributed by atoms with Crippen molar-refractivity contribution < 1.29 is 31.5 Å². The molecule has 1 atom stereocenters. The van der Waals surface area contributed by atoms with E-state index in [4.69, 9.17) is 0 Å². The molecule has 1 aliphatic rings. The summed E-state index contributed by atoms with van der Waals surface area (Å²) < 4.78 is 67.0. The van der Waals surface area contributed by atoms with E-state index in [0.29, 0.717) is 6.07 Å². The van der Waals surface area contributed by atoms with Crippen LogP contribution in [0.3, 0.4) is 0 Å². The highest BCUT2D eigenvalue weighted by atomic mass is 19.4. The molecule has 152 valence electrons. The van der Waals surface area contributed by atoms with Crippen LogP contribution in [-0.4, -0.2) is 11.9 Å². The molecule has 2 aromatic rings. The zero-order valence-electron chi connectivity index (χ0n) is 14.8. The first-order valence-corrected chi connectivity index (χ1v) is 8.28. The zero-order valence-corrected chi connectivity index (χ0v) is 14.8. The van der Waals surface area contributed by atoms with E-state index in [2.05, 4.69) is 16.0 Å². The summed E-state index contributed by atoms with van der Waals surface area (Å²) in [5.74, 6) is -2.87. The average Bonchev–Trinajstić information content (AvgIpc) is 2.60. The van der Waals surface area contributed by atoms with Crippen LogP contribution in [0.1, 0.15) is 24.1 Å². The Morgan fingerprint density at radius 2 is 1.79 bits per heavy atom. The highest BCUT2D eigenvalue weighted by molar-refractivity contribution is 6.07. The van der Waals surface area contributed by atoms with Crippen molar-refractivity contribution in [3.8, 4) is 0 Å². The standard InChI is InChI=1S/C19H14F5N3O2/c1-9-15(17(28)26-14-5-3-2-4-12(14)19(22,23)24)16(27-18(29)25-9)11-7-6-10(20)8-13(11)21/h2-8,16H,1H3,(H,26,28)(H2,25,27,29)/t16-/m0/s1. The number of hydrogen-bond acceptors (Lipinski definition) is 2. The Morgan fingerprint density at radius 1 is 1.10 bits per heavy atom. The van der Waals surface area contributed by atoms with E-state index in [9.17, 15) is 31.5 Å². The van der Waals surface area contributed by atoms with Gasteiger partial charge in [0.05, 0.1) is 22.9 Å². The van der Waals surface area contributed by atoms with Gasteiger partial charge < -0.3 is 16.0 Å². The molecule has 0 saturated carbocycles. The molecule has 29 heavy (non-hydrogen) atoms. The Balaban J connectivity index is 2.01. The van der Waals surface area contributed by atoms with Crippen molar-refractivity contribution in [2.24, 2.45) is 0 Å². The number of amides is 3. The maximum Gasteiger partial charge on any atom is 0.418 e. The maximum absolute atomic E-state index is 14.3. The molecule has 0 bridgehead atoms. The molecule has 3 N–H and O–H groups in total. The fraction of sp³-hybridized carbons (Fsp3) is 0.158. The Kier molecular flexibility index (Phi) is 5.27. The predicted octanol–water partition coefficient (Wildman–Crippen LogP) is 4.25. The molecule has 0 radical (unpaired) electrons. The van der Waals surface area contributed by atoms with E-state index in [1.165, 1.54) is 19.1 Å². The number of rotatable bonds is 3. The molecular formula is C19H14F5N3O2. The third-order valence-electron chi connectivity index (χ3n) is 4.27. The highest BCUT2D eigenvalue weighted by Gasteiger charge is 2.36. The summed E-state index contributed by atoms with van der Waals surface area (Å²) in [5, 5.41) is 6.81. The third-order valence-corrected chi connectivity index (χ3v) is 4.27. The molecule has 0 aliphatic carbocycles. The Labute approximate surface area is 161 Å². The first-order chi connectivity index (χ1) is 13.6. The lowest BCUT2D eigenvalue weighted by Crippen LogP contribution is -2.46. The normalized spacial score (nSPS) is 16.9. The number of carbonyl (C=O) groups excluding carboxylic acids is 2. The molecule has 1 aliphatic heterocycles. The van der Waals surface area contributed by atoms with E-state index in [1.807, 2.05) is 0 Å². The van der Waals surface area contributed by atoms with Crippen LogP contribution >= 0.6 is 0 Å². The second kappa shape index (κ2) is 7.53. The van der Waals surface area contributed by atoms with Gasteiger partial charge in [-0.25, -0.2) is 13.6 Å². The quantitative estimate of drug-likeness (QED) is 0.661. The lowest BCUT2D eigenvalue weighted by atomic mass is 9.94. The largest absolute Gasteiger partial charge is 0.418 e. The number of alkyl halides is 3. The molecule has 0 unspecified atom stereocenters. The number of halogens is 5. The number of para-hydroxylation sites is 1. The Hall–Kier alpha value is -3.43. The molecule has 3 amide bonds. The van der Waals surface area contributed by atoms with Crippen molar-refractivity contribution in [3.63, 3.8) is 0 Å². The van der Waals surface area contributed by atoms with Crippen LogP contribution in [0.2, 0.25) is 0 Å². The minimum absolute atomic E-state index is 0.0180. The molecule has 3 rings (SSSR count). The summed E-state index contributed by atoms with van der Waals surface area (Å²) >= 11 is 0. The highest BCUT2D eigenvalue weighted by Crippen LogP contribution is 2.36. The number of nitrogens with one attached hydrogen (secondary N) is 3. The van der Waals surface area contributed by atoms with Gasteiger partial charge in [-0.3, -0.25) is 4.79 Å². The van der Waals surface area contributed by atoms with Crippen molar-refractivity contribution in [1.82, 2.24) is 10.6 Å². The third kappa shape index (κ3) is 4.20. The number of allylic oxidation sites excluding steroid dienone is 1. The van der Waals surface area contributed by atoms with Crippen molar-refractivity contribution >= 4 is 17.6 Å². The molecule has 5 nitrogen and oxygen atoms in total. The van der Waals surface area contributed by atoms with Gasteiger partial charge in [0.25, 0.3) is 5.91 Å². The van der Waals surface area contributed by atoms with Gasteiger partial charge in [0.2, 0.25) is 0 Å². The first-order valence-electron chi connectivity index (χ1n) is 8.28. The molecule has 0 saturated heterocycles. The summed E-state index contributed by atoms with van der Waals surface area (Å²) in [4.78, 5) is 24.6. The van der Waals surface area contributed by atoms with Crippen molar-refractivity contribution in [1.29, 1.82) is 0 Å². The fourth-order valence-corrected chi connectivity index (χ4v) is 2.99. The Morgan fingerprint density at radius 3 is 2.45 bits per heavy atom. The molecule has 2 aromatic carbocycles. The van der Waals surface area contributed by atoms with E-state index < -0.39 is 47.0 Å². The molecule has 0 aromatic heterocycles. The van der Waals surface area contributed by atoms with Gasteiger partial charge in [0, 0.05) is 17.3 Å². The zero-order chi connectivity index (χ0) is 21.3. The first kappa shape index (κ1) is 20.3. The molecule has 0 fully saturated rings. The van der Waals surface area contributed by atoms with Crippen LogP contribution in [0.25, 0.3) is 0 Å². The summed E-state index contributed by atoms with van der Waals surface area (Å²) in [6, 6.07) is 4.83. The lowest BCUT2D eigenvalue weighted by molar-refractivity contribution is -0.137. The van der Waals surface area contributed by atoms with E-state index >= 15 is 0 Å². The molecular weight excluding hydrogens is 397 g/mol. The van der Waals surface area contributed by atoms with E-state index in [0.717, 1.165) is 24.3 Å². The van der Waals surface area contributed by atoms with Gasteiger partial charge in [-0.05, 0) is 25.1 Å². The molecule has 10 heteroatoms. The van der Waals surface area contributed by atoms with Gasteiger partial charge in [0.1, 0.15) is 11.6 Å². The molecule has 0 spiro atoms. The minimum Gasteiger partial charge on any atom is -0.327 e. The van der Waals surface area contributed by atoms with Crippen molar-refractivity contribution in [2.75, 3.05) is 5.32 Å². The van der Waals surface area contributed by atoms with Gasteiger partial charge in [-0.2, -0.15) is 13.2 Å². The van der Waals surface area contributed by atoms with Crippen LogP contribution in [-0.2, 0) is 11.0 Å². The number of benzene rings is 2. The monoisotopic (exact) mass is 411 g/mol. The number of carbonyl (C=O) groups is 2. The number of hydrogen-bond donors (Lipinski definition) is 3. The van der Waals surface area contributed by atoms with Gasteiger partial charge in [0.15, 0.2) is 0 Å². The Bertz CT molecular complexity index is 1020. The SMILES string of the molecule is CC1=C(C(=O)Nc2ccccc2C(F)(F)F)[C@H](c2ccc(F)cc2F)NC(=O)N1. The lowest BCUT2D eigenvalue weighted by Gasteiger charge is -2.29. The van der Waals surface area contributed by atoms with E-state index in [-0.39, 0.29) is 16.8 Å². The number of urea groups is 1. The second-order valence-electron chi connectivity index (χ2n) is 6.23. The van der Waals surface area contributed by atoms with Crippen molar-refractivity contribution in [2.45, 2.75) is 19.1 Å². The van der Waals surface area contributed by atoms with Crippen LogP contribution in [0.15, 0.2) is 53.7 Å². The number of anilines is 1. The van der Waals surface area contributed by atoms with Crippen LogP contribution in [0.5, 0.6) is 0 Å². The smallest absolute Gasteiger partial charge is 0.327 e.